The summed E-state index contributed by atoms with van der Waals surface area (Å²) in [6, 6.07) is 16.9. The lowest BCUT2D eigenvalue weighted by atomic mass is 10.2. The third kappa shape index (κ3) is 3.60. The van der Waals surface area contributed by atoms with Crippen LogP contribution in [0.3, 0.4) is 0 Å². The first kappa shape index (κ1) is 12.7. The number of hydrogen-bond acceptors (Lipinski definition) is 2. The van der Waals surface area contributed by atoms with Crippen molar-refractivity contribution in [1.82, 2.24) is 5.32 Å². The van der Waals surface area contributed by atoms with Crippen LogP contribution < -0.4 is 5.32 Å². The Balaban J connectivity index is 2.15. The minimum Gasteiger partial charge on any atom is -0.316 e. The van der Waals surface area contributed by atoms with Crippen molar-refractivity contribution in [1.29, 1.82) is 0 Å². The van der Waals surface area contributed by atoms with Crippen LogP contribution >= 0.6 is 27.7 Å². The van der Waals surface area contributed by atoms with Gasteiger partial charge in [0.2, 0.25) is 0 Å². The van der Waals surface area contributed by atoms with Crippen molar-refractivity contribution in [2.45, 2.75) is 16.3 Å². The van der Waals surface area contributed by atoms with Gasteiger partial charge in [0.1, 0.15) is 0 Å². The van der Waals surface area contributed by atoms with Gasteiger partial charge in [-0.3, -0.25) is 0 Å². The molecule has 1 N–H and O–H groups in total. The van der Waals surface area contributed by atoms with E-state index in [2.05, 4.69) is 63.7 Å². The molecule has 2 rings (SSSR count). The third-order valence-corrected chi connectivity index (χ3v) is 4.11. The van der Waals surface area contributed by atoms with Crippen LogP contribution in [0.25, 0.3) is 0 Å². The van der Waals surface area contributed by atoms with Gasteiger partial charge in [-0.05, 0) is 36.9 Å². The molecule has 0 aromatic heterocycles. The van der Waals surface area contributed by atoms with Crippen molar-refractivity contribution in [2.75, 3.05) is 7.05 Å². The zero-order valence-corrected chi connectivity index (χ0v) is 12.0. The molecule has 88 valence electrons. The fourth-order valence-corrected chi connectivity index (χ4v) is 3.10. The van der Waals surface area contributed by atoms with E-state index in [1.807, 2.05) is 13.1 Å². The maximum Gasteiger partial charge on any atom is 0.0231 e. The lowest BCUT2D eigenvalue weighted by Gasteiger charge is -2.06. The molecule has 2 aromatic rings. The van der Waals surface area contributed by atoms with Gasteiger partial charge in [0.15, 0.2) is 0 Å². The summed E-state index contributed by atoms with van der Waals surface area (Å²) in [6.45, 7) is 0.886. The predicted molar refractivity (Wildman–Crippen MR) is 77.5 cm³/mol. The molecule has 0 spiro atoms. The van der Waals surface area contributed by atoms with Crippen LogP contribution in [0.4, 0.5) is 0 Å². The zero-order chi connectivity index (χ0) is 12.1. The zero-order valence-electron chi connectivity index (χ0n) is 9.61. The molecule has 0 unspecified atom stereocenters. The van der Waals surface area contributed by atoms with E-state index in [0.717, 1.165) is 11.0 Å². The Bertz CT molecular complexity index is 485. The molecule has 0 atom stereocenters. The summed E-state index contributed by atoms with van der Waals surface area (Å²) < 4.78 is 1.16. The van der Waals surface area contributed by atoms with Crippen molar-refractivity contribution < 1.29 is 0 Å². The molecule has 0 aliphatic rings. The quantitative estimate of drug-likeness (QED) is 0.903. The maximum absolute atomic E-state index is 3.61. The van der Waals surface area contributed by atoms with Crippen LogP contribution in [0.5, 0.6) is 0 Å². The SMILES string of the molecule is CNCc1ccc(Sc2ccccc2)cc1Br. The van der Waals surface area contributed by atoms with Crippen LogP contribution in [0.2, 0.25) is 0 Å². The molecular formula is C14H14BrNS. The second kappa shape index (κ2) is 6.24. The van der Waals surface area contributed by atoms with Crippen molar-refractivity contribution in [3.63, 3.8) is 0 Å². The van der Waals surface area contributed by atoms with Gasteiger partial charge in [-0.15, -0.1) is 0 Å². The molecule has 0 aliphatic carbocycles. The highest BCUT2D eigenvalue weighted by atomic mass is 79.9. The van der Waals surface area contributed by atoms with Crippen LogP contribution in [-0.4, -0.2) is 7.05 Å². The van der Waals surface area contributed by atoms with E-state index in [4.69, 9.17) is 0 Å². The fraction of sp³-hybridized carbons (Fsp3) is 0.143. The van der Waals surface area contributed by atoms with E-state index < -0.39 is 0 Å². The molecule has 0 saturated heterocycles. The van der Waals surface area contributed by atoms with Crippen LogP contribution in [0, 0.1) is 0 Å². The first-order valence-corrected chi connectivity index (χ1v) is 7.06. The van der Waals surface area contributed by atoms with Gasteiger partial charge in [0, 0.05) is 20.8 Å². The Morgan fingerprint density at radius 2 is 1.82 bits per heavy atom. The van der Waals surface area contributed by atoms with Gasteiger partial charge >= 0.3 is 0 Å². The first-order valence-electron chi connectivity index (χ1n) is 5.45. The summed E-state index contributed by atoms with van der Waals surface area (Å²) in [7, 11) is 1.96. The molecule has 0 fully saturated rings. The predicted octanol–water partition coefficient (Wildman–Crippen LogP) is 4.32. The summed E-state index contributed by atoms with van der Waals surface area (Å²) in [6.07, 6.45) is 0. The smallest absolute Gasteiger partial charge is 0.0231 e. The molecule has 0 aliphatic heterocycles. The van der Waals surface area contributed by atoms with E-state index in [1.165, 1.54) is 15.4 Å². The van der Waals surface area contributed by atoms with Crippen molar-refractivity contribution >= 4 is 27.7 Å². The molecule has 1 nitrogen and oxygen atoms in total. The highest BCUT2D eigenvalue weighted by Crippen LogP contribution is 2.30. The molecule has 17 heavy (non-hydrogen) atoms. The van der Waals surface area contributed by atoms with Crippen molar-refractivity contribution in [3.05, 3.63) is 58.6 Å². The maximum atomic E-state index is 3.61. The Hall–Kier alpha value is -0.770. The number of rotatable bonds is 4. The van der Waals surface area contributed by atoms with E-state index >= 15 is 0 Å². The van der Waals surface area contributed by atoms with Gasteiger partial charge < -0.3 is 5.32 Å². The highest BCUT2D eigenvalue weighted by Gasteiger charge is 2.02. The van der Waals surface area contributed by atoms with E-state index in [-0.39, 0.29) is 0 Å². The van der Waals surface area contributed by atoms with Gasteiger partial charge in [-0.25, -0.2) is 0 Å². The van der Waals surface area contributed by atoms with Crippen molar-refractivity contribution in [3.8, 4) is 0 Å². The monoisotopic (exact) mass is 307 g/mol. The van der Waals surface area contributed by atoms with Gasteiger partial charge in [0.05, 0.1) is 0 Å². The standard InChI is InChI=1S/C14H14BrNS/c1-16-10-11-7-8-13(9-14(11)15)17-12-5-3-2-4-6-12/h2-9,16H,10H2,1H3. The van der Waals surface area contributed by atoms with E-state index in [1.54, 1.807) is 11.8 Å². The average Bonchev–Trinajstić information content (AvgIpc) is 2.34. The van der Waals surface area contributed by atoms with Gasteiger partial charge in [-0.1, -0.05) is 52.0 Å². The molecule has 0 bridgehead atoms. The number of hydrogen-bond donors (Lipinski definition) is 1. The summed E-state index contributed by atoms with van der Waals surface area (Å²) in [4.78, 5) is 2.52. The molecular weight excluding hydrogens is 294 g/mol. The topological polar surface area (TPSA) is 12.0 Å². The number of benzene rings is 2. The number of halogens is 1. The second-order valence-corrected chi connectivity index (χ2v) is 5.70. The number of nitrogens with one attached hydrogen (secondary N) is 1. The molecule has 2 aromatic carbocycles. The summed E-state index contributed by atoms with van der Waals surface area (Å²) in [5.74, 6) is 0. The molecule has 3 heteroatoms. The fourth-order valence-electron chi connectivity index (χ4n) is 1.55. The molecule has 0 heterocycles. The van der Waals surface area contributed by atoms with Crippen LogP contribution in [0.15, 0.2) is 62.8 Å². The van der Waals surface area contributed by atoms with Crippen LogP contribution in [-0.2, 0) is 6.54 Å². The Kier molecular flexibility index (Phi) is 4.66. The lowest BCUT2D eigenvalue weighted by molar-refractivity contribution is 0.813. The minimum absolute atomic E-state index is 0.886. The van der Waals surface area contributed by atoms with Crippen molar-refractivity contribution in [2.24, 2.45) is 0 Å². The van der Waals surface area contributed by atoms with Gasteiger partial charge in [-0.2, -0.15) is 0 Å². The first-order chi connectivity index (χ1) is 8.29. The Morgan fingerprint density at radius 1 is 1.06 bits per heavy atom. The Labute approximate surface area is 115 Å². The lowest BCUT2D eigenvalue weighted by Crippen LogP contribution is -2.05. The Morgan fingerprint density at radius 3 is 2.47 bits per heavy atom. The van der Waals surface area contributed by atoms with Crippen LogP contribution in [0.1, 0.15) is 5.56 Å². The van der Waals surface area contributed by atoms with E-state index in [9.17, 15) is 0 Å². The molecule has 0 saturated carbocycles. The minimum atomic E-state index is 0.886. The highest BCUT2D eigenvalue weighted by molar-refractivity contribution is 9.10. The molecule has 0 amide bonds. The van der Waals surface area contributed by atoms with E-state index in [0.29, 0.717) is 0 Å². The third-order valence-electron chi connectivity index (χ3n) is 2.37. The second-order valence-electron chi connectivity index (χ2n) is 3.70. The largest absolute Gasteiger partial charge is 0.316 e. The molecule has 0 radical (unpaired) electrons. The summed E-state index contributed by atoms with van der Waals surface area (Å²) >= 11 is 5.39. The summed E-state index contributed by atoms with van der Waals surface area (Å²) in [5, 5.41) is 3.16. The average molecular weight is 308 g/mol. The normalized spacial score (nSPS) is 10.5. The van der Waals surface area contributed by atoms with Gasteiger partial charge in [0.25, 0.3) is 0 Å². The summed E-state index contributed by atoms with van der Waals surface area (Å²) in [5.41, 5.74) is 1.28.